The fourth-order valence-electron chi connectivity index (χ4n) is 1.76. The van der Waals surface area contributed by atoms with Crippen molar-refractivity contribution in [2.45, 2.75) is 25.1 Å². The van der Waals surface area contributed by atoms with Crippen LogP contribution in [0.3, 0.4) is 0 Å². The second-order valence-electron chi connectivity index (χ2n) is 4.44. The standard InChI is InChI=1S/C11H12F3NO/c1-10(15)5-7-4-8(11(12,13)14)2-3-9(7)16-6-10/h2-4H,5-6,15H2,1H3. The summed E-state index contributed by atoms with van der Waals surface area (Å²) < 4.78 is 42.7. The van der Waals surface area contributed by atoms with Crippen LogP contribution in [0.15, 0.2) is 18.2 Å². The Morgan fingerprint density at radius 2 is 2.06 bits per heavy atom. The fraction of sp³-hybridized carbons (Fsp3) is 0.455. The average molecular weight is 231 g/mol. The highest BCUT2D eigenvalue weighted by Crippen LogP contribution is 2.35. The molecule has 88 valence electrons. The summed E-state index contributed by atoms with van der Waals surface area (Å²) in [5, 5.41) is 0. The lowest BCUT2D eigenvalue weighted by Crippen LogP contribution is -2.47. The quantitative estimate of drug-likeness (QED) is 0.743. The van der Waals surface area contributed by atoms with Crippen molar-refractivity contribution in [3.8, 4) is 5.75 Å². The molecule has 0 saturated carbocycles. The Bertz CT molecular complexity index is 412. The van der Waals surface area contributed by atoms with Crippen molar-refractivity contribution in [1.82, 2.24) is 0 Å². The molecule has 1 aromatic carbocycles. The summed E-state index contributed by atoms with van der Waals surface area (Å²) in [7, 11) is 0. The maximum absolute atomic E-state index is 12.5. The normalized spacial score (nSPS) is 24.8. The highest BCUT2D eigenvalue weighted by molar-refractivity contribution is 5.41. The third-order valence-corrected chi connectivity index (χ3v) is 2.54. The van der Waals surface area contributed by atoms with E-state index in [0.29, 0.717) is 24.3 Å². The van der Waals surface area contributed by atoms with Gasteiger partial charge in [-0.3, -0.25) is 0 Å². The molecule has 2 rings (SSSR count). The minimum absolute atomic E-state index is 0.325. The molecule has 0 bridgehead atoms. The van der Waals surface area contributed by atoms with E-state index in [4.69, 9.17) is 10.5 Å². The zero-order chi connectivity index (χ0) is 12.0. The summed E-state index contributed by atoms with van der Waals surface area (Å²) in [6.07, 6.45) is -3.93. The van der Waals surface area contributed by atoms with Gasteiger partial charge in [-0.1, -0.05) is 0 Å². The predicted octanol–water partition coefficient (Wildman–Crippen LogP) is 2.36. The van der Waals surface area contributed by atoms with Gasteiger partial charge in [-0.25, -0.2) is 0 Å². The number of rotatable bonds is 0. The van der Waals surface area contributed by atoms with Crippen LogP contribution < -0.4 is 10.5 Å². The first kappa shape index (κ1) is 11.3. The van der Waals surface area contributed by atoms with Gasteiger partial charge in [-0.05, 0) is 37.1 Å². The van der Waals surface area contributed by atoms with Crippen LogP contribution >= 0.6 is 0 Å². The van der Waals surface area contributed by atoms with E-state index in [1.54, 1.807) is 6.92 Å². The molecule has 1 aliphatic heterocycles. The molecule has 0 radical (unpaired) electrons. The molecule has 5 heteroatoms. The van der Waals surface area contributed by atoms with Crippen molar-refractivity contribution >= 4 is 0 Å². The highest BCUT2D eigenvalue weighted by Gasteiger charge is 2.33. The molecule has 1 unspecified atom stereocenters. The predicted molar refractivity (Wildman–Crippen MR) is 53.2 cm³/mol. The maximum Gasteiger partial charge on any atom is 0.416 e. The Morgan fingerprint density at radius 1 is 1.38 bits per heavy atom. The summed E-state index contributed by atoms with van der Waals surface area (Å²) in [6, 6.07) is 3.49. The summed E-state index contributed by atoms with van der Waals surface area (Å²) in [4.78, 5) is 0. The van der Waals surface area contributed by atoms with Gasteiger partial charge >= 0.3 is 6.18 Å². The number of ether oxygens (including phenoxy) is 1. The molecule has 1 aromatic rings. The van der Waals surface area contributed by atoms with E-state index >= 15 is 0 Å². The molecule has 2 N–H and O–H groups in total. The second kappa shape index (κ2) is 3.38. The second-order valence-corrected chi connectivity index (χ2v) is 4.44. The van der Waals surface area contributed by atoms with E-state index in [0.717, 1.165) is 12.1 Å². The van der Waals surface area contributed by atoms with Gasteiger partial charge in [0.1, 0.15) is 12.4 Å². The van der Waals surface area contributed by atoms with Crippen molar-refractivity contribution in [2.75, 3.05) is 6.61 Å². The van der Waals surface area contributed by atoms with Crippen LogP contribution in [0.2, 0.25) is 0 Å². The molecule has 0 aliphatic carbocycles. The van der Waals surface area contributed by atoms with Gasteiger partial charge in [0.05, 0.1) is 11.1 Å². The molecule has 1 heterocycles. The number of benzene rings is 1. The highest BCUT2D eigenvalue weighted by atomic mass is 19.4. The summed E-state index contributed by atoms with van der Waals surface area (Å²) in [5.74, 6) is 0.496. The first-order valence-corrected chi connectivity index (χ1v) is 4.90. The Labute approximate surface area is 91.2 Å². The Hall–Kier alpha value is -1.23. The summed E-state index contributed by atoms with van der Waals surface area (Å²) in [5.41, 5.74) is 5.11. The molecule has 1 atom stereocenters. The van der Waals surface area contributed by atoms with Crippen molar-refractivity contribution in [1.29, 1.82) is 0 Å². The molecular weight excluding hydrogens is 219 g/mol. The van der Waals surface area contributed by atoms with E-state index < -0.39 is 17.3 Å². The van der Waals surface area contributed by atoms with E-state index in [2.05, 4.69) is 0 Å². The molecular formula is C11H12F3NO. The van der Waals surface area contributed by atoms with Crippen LogP contribution in [-0.2, 0) is 12.6 Å². The number of hydrogen-bond donors (Lipinski definition) is 1. The smallest absolute Gasteiger partial charge is 0.416 e. The molecule has 16 heavy (non-hydrogen) atoms. The van der Waals surface area contributed by atoms with Crippen molar-refractivity contribution in [2.24, 2.45) is 5.73 Å². The Kier molecular flexibility index (Phi) is 2.38. The van der Waals surface area contributed by atoms with Crippen LogP contribution in [0.4, 0.5) is 13.2 Å². The topological polar surface area (TPSA) is 35.2 Å². The van der Waals surface area contributed by atoms with Crippen LogP contribution in [0.1, 0.15) is 18.1 Å². The van der Waals surface area contributed by atoms with Crippen molar-refractivity contribution in [3.05, 3.63) is 29.3 Å². The molecule has 2 nitrogen and oxygen atoms in total. The average Bonchev–Trinajstić information content (AvgIpc) is 2.13. The first-order chi connectivity index (χ1) is 7.28. The van der Waals surface area contributed by atoms with Gasteiger partial charge in [-0.2, -0.15) is 13.2 Å². The Morgan fingerprint density at radius 3 is 2.69 bits per heavy atom. The van der Waals surface area contributed by atoms with E-state index in [9.17, 15) is 13.2 Å². The van der Waals surface area contributed by atoms with Crippen LogP contribution in [0.25, 0.3) is 0 Å². The molecule has 0 amide bonds. The minimum atomic E-state index is -4.32. The zero-order valence-corrected chi connectivity index (χ0v) is 8.77. The van der Waals surface area contributed by atoms with Gasteiger partial charge in [0, 0.05) is 0 Å². The number of alkyl halides is 3. The summed E-state index contributed by atoms with van der Waals surface area (Å²) >= 11 is 0. The summed E-state index contributed by atoms with van der Waals surface area (Å²) in [6.45, 7) is 2.08. The van der Waals surface area contributed by atoms with E-state index in [1.807, 2.05) is 0 Å². The minimum Gasteiger partial charge on any atom is -0.491 e. The maximum atomic E-state index is 12.5. The SMILES string of the molecule is CC1(N)COc2ccc(C(F)(F)F)cc2C1. The lowest BCUT2D eigenvalue weighted by molar-refractivity contribution is -0.137. The lowest BCUT2D eigenvalue weighted by atomic mass is 9.91. The molecule has 0 fully saturated rings. The van der Waals surface area contributed by atoms with Crippen LogP contribution in [0.5, 0.6) is 5.75 Å². The molecule has 0 aromatic heterocycles. The molecule has 0 saturated heterocycles. The van der Waals surface area contributed by atoms with E-state index in [1.165, 1.54) is 6.07 Å². The number of nitrogens with two attached hydrogens (primary N) is 1. The molecule has 1 aliphatic rings. The molecule has 0 spiro atoms. The van der Waals surface area contributed by atoms with Crippen LogP contribution in [0, 0.1) is 0 Å². The van der Waals surface area contributed by atoms with Crippen molar-refractivity contribution in [3.63, 3.8) is 0 Å². The van der Waals surface area contributed by atoms with Gasteiger partial charge in [0.25, 0.3) is 0 Å². The van der Waals surface area contributed by atoms with E-state index in [-0.39, 0.29) is 0 Å². The fourth-order valence-corrected chi connectivity index (χ4v) is 1.76. The largest absolute Gasteiger partial charge is 0.491 e. The number of fused-ring (bicyclic) bond motifs is 1. The van der Waals surface area contributed by atoms with Gasteiger partial charge in [-0.15, -0.1) is 0 Å². The third-order valence-electron chi connectivity index (χ3n) is 2.54. The van der Waals surface area contributed by atoms with Crippen molar-refractivity contribution < 1.29 is 17.9 Å². The number of halogens is 3. The van der Waals surface area contributed by atoms with Gasteiger partial charge in [0.15, 0.2) is 0 Å². The Balaban J connectivity index is 2.39. The third kappa shape index (κ3) is 2.14. The monoisotopic (exact) mass is 231 g/mol. The first-order valence-electron chi connectivity index (χ1n) is 4.90. The lowest BCUT2D eigenvalue weighted by Gasteiger charge is -2.31. The van der Waals surface area contributed by atoms with Crippen LogP contribution in [-0.4, -0.2) is 12.1 Å². The van der Waals surface area contributed by atoms with Gasteiger partial charge in [0.2, 0.25) is 0 Å². The number of hydrogen-bond acceptors (Lipinski definition) is 2. The van der Waals surface area contributed by atoms with Gasteiger partial charge < -0.3 is 10.5 Å². The zero-order valence-electron chi connectivity index (χ0n) is 8.77.